The molecule has 2 aliphatic rings. The zero-order chi connectivity index (χ0) is 27.4. The molecular weight excluding hydrogens is 486 g/mol. The minimum Gasteiger partial charge on any atom is -0.504 e. The van der Waals surface area contributed by atoms with Gasteiger partial charge in [-0.25, -0.2) is 4.79 Å². The number of methoxy groups -OCH3 is 2. The normalized spacial score (nSPS) is 19.0. The number of rotatable bonds is 9. The van der Waals surface area contributed by atoms with Crippen LogP contribution < -0.4 is 19.5 Å². The van der Waals surface area contributed by atoms with Crippen LogP contribution in [0.25, 0.3) is 0 Å². The van der Waals surface area contributed by atoms with Crippen LogP contribution in [0.15, 0.2) is 58.9 Å². The number of allylic oxidation sites excluding steroid dienone is 3. The van der Waals surface area contributed by atoms with Crippen LogP contribution in [0.4, 0.5) is 0 Å². The summed E-state index contributed by atoms with van der Waals surface area (Å²) >= 11 is 0. The van der Waals surface area contributed by atoms with Gasteiger partial charge in [-0.3, -0.25) is 4.79 Å². The van der Waals surface area contributed by atoms with Gasteiger partial charge in [-0.15, -0.1) is 0 Å². The fourth-order valence-electron chi connectivity index (χ4n) is 5.24. The Kier molecular flexibility index (Phi) is 8.29. The van der Waals surface area contributed by atoms with E-state index in [2.05, 4.69) is 5.32 Å². The molecule has 0 radical (unpaired) electrons. The maximum absolute atomic E-state index is 13.8. The number of phenolic OH excluding ortho intramolecular Hbond substituents is 1. The molecule has 0 spiro atoms. The monoisotopic (exact) mass is 521 g/mol. The summed E-state index contributed by atoms with van der Waals surface area (Å²) < 4.78 is 22.0. The lowest BCUT2D eigenvalue weighted by atomic mass is 9.71. The molecule has 2 aromatic carbocycles. The summed E-state index contributed by atoms with van der Waals surface area (Å²) in [4.78, 5) is 27.1. The molecule has 0 bridgehead atoms. The van der Waals surface area contributed by atoms with Gasteiger partial charge in [0.15, 0.2) is 28.8 Å². The fraction of sp³-hybridized carbons (Fsp3) is 0.400. The van der Waals surface area contributed by atoms with E-state index < -0.39 is 11.9 Å². The number of esters is 1. The van der Waals surface area contributed by atoms with Crippen molar-refractivity contribution in [2.24, 2.45) is 0 Å². The first-order valence-electron chi connectivity index (χ1n) is 12.9. The van der Waals surface area contributed by atoms with Crippen LogP contribution in [0.5, 0.6) is 23.0 Å². The van der Waals surface area contributed by atoms with Crippen molar-refractivity contribution >= 4 is 11.8 Å². The Hall–Kier alpha value is -3.94. The van der Waals surface area contributed by atoms with Gasteiger partial charge in [-0.05, 0) is 68.0 Å². The molecule has 1 aliphatic carbocycles. The maximum atomic E-state index is 13.8. The number of carbonyl (C=O) groups is 2. The van der Waals surface area contributed by atoms with Gasteiger partial charge < -0.3 is 29.4 Å². The molecule has 1 heterocycles. The van der Waals surface area contributed by atoms with E-state index in [4.69, 9.17) is 18.9 Å². The van der Waals surface area contributed by atoms with E-state index in [9.17, 15) is 14.7 Å². The standard InChI is InChI=1S/C30H35NO7/c1-6-12-38-30(34)27-17(3)31-21-13-20(18-9-11-24(35-4)26(15-18)36-5)14-23(33)29(21)28(27)19-8-10-22(32)25(16-19)37-7-2/h8-11,15-16,20,28,31-32H,6-7,12-14H2,1-5H3/t20-,28-/m0/s1. The molecule has 0 fully saturated rings. The van der Waals surface area contributed by atoms with E-state index in [1.807, 2.05) is 39.0 Å². The molecule has 8 nitrogen and oxygen atoms in total. The van der Waals surface area contributed by atoms with Crippen LogP contribution in [-0.4, -0.2) is 44.3 Å². The molecule has 0 saturated carbocycles. The molecule has 0 saturated heterocycles. The minimum absolute atomic E-state index is 0.00182. The molecule has 2 aromatic rings. The summed E-state index contributed by atoms with van der Waals surface area (Å²) in [6.07, 6.45) is 1.54. The second kappa shape index (κ2) is 11.6. The van der Waals surface area contributed by atoms with Crippen LogP contribution in [0.3, 0.4) is 0 Å². The predicted molar refractivity (Wildman–Crippen MR) is 143 cm³/mol. The highest BCUT2D eigenvalue weighted by atomic mass is 16.5. The maximum Gasteiger partial charge on any atom is 0.336 e. The van der Waals surface area contributed by atoms with E-state index >= 15 is 0 Å². The highest BCUT2D eigenvalue weighted by Gasteiger charge is 2.41. The van der Waals surface area contributed by atoms with Crippen LogP contribution in [0.1, 0.15) is 63.0 Å². The first-order valence-corrected chi connectivity index (χ1v) is 12.9. The average Bonchev–Trinajstić information content (AvgIpc) is 2.91. The second-order valence-corrected chi connectivity index (χ2v) is 9.43. The van der Waals surface area contributed by atoms with Gasteiger partial charge in [0.2, 0.25) is 0 Å². The van der Waals surface area contributed by atoms with Crippen molar-refractivity contribution in [1.29, 1.82) is 0 Å². The summed E-state index contributed by atoms with van der Waals surface area (Å²) in [6.45, 7) is 6.23. The molecule has 0 amide bonds. The largest absolute Gasteiger partial charge is 0.504 e. The number of aromatic hydroxyl groups is 1. The number of carbonyl (C=O) groups excluding carboxylic acids is 2. The van der Waals surface area contributed by atoms with Crippen LogP contribution >= 0.6 is 0 Å². The SMILES string of the molecule is CCCOC(=O)C1=C(C)NC2=C(C(=O)C[C@@H](c3ccc(OC)c(OC)c3)C2)[C@H]1c1ccc(O)c(OCC)c1. The highest BCUT2D eigenvalue weighted by Crippen LogP contribution is 2.47. The lowest BCUT2D eigenvalue weighted by Crippen LogP contribution is -2.36. The Balaban J connectivity index is 1.79. The van der Waals surface area contributed by atoms with E-state index in [0.717, 1.165) is 11.3 Å². The van der Waals surface area contributed by atoms with Gasteiger partial charge in [0.05, 0.1) is 33.0 Å². The number of ether oxygens (including phenoxy) is 4. The Morgan fingerprint density at radius 1 is 1.00 bits per heavy atom. The Bertz CT molecular complexity index is 1290. The van der Waals surface area contributed by atoms with Gasteiger partial charge in [0, 0.05) is 29.3 Å². The quantitative estimate of drug-likeness (QED) is 0.438. The second-order valence-electron chi connectivity index (χ2n) is 9.43. The van der Waals surface area contributed by atoms with Crippen molar-refractivity contribution < 1.29 is 33.6 Å². The molecule has 8 heteroatoms. The molecule has 4 rings (SSSR count). The molecule has 0 aromatic heterocycles. The molecule has 1 aliphatic heterocycles. The molecule has 0 unspecified atom stereocenters. The van der Waals surface area contributed by atoms with Crippen molar-refractivity contribution in [3.63, 3.8) is 0 Å². The number of benzene rings is 2. The van der Waals surface area contributed by atoms with Gasteiger partial charge in [0.1, 0.15) is 0 Å². The predicted octanol–water partition coefficient (Wildman–Crippen LogP) is 5.12. The number of ketones is 1. The van der Waals surface area contributed by atoms with E-state index in [1.54, 1.807) is 26.4 Å². The Morgan fingerprint density at radius 3 is 2.39 bits per heavy atom. The molecule has 38 heavy (non-hydrogen) atoms. The molecule has 202 valence electrons. The first-order chi connectivity index (χ1) is 18.3. The summed E-state index contributed by atoms with van der Waals surface area (Å²) in [5.74, 6) is 0.298. The van der Waals surface area contributed by atoms with Crippen LogP contribution in [0, 0.1) is 0 Å². The van der Waals surface area contributed by atoms with Crippen LogP contribution in [0.2, 0.25) is 0 Å². The highest BCUT2D eigenvalue weighted by molar-refractivity contribution is 6.04. The number of hydrogen-bond donors (Lipinski definition) is 2. The third-order valence-electron chi connectivity index (χ3n) is 6.98. The lowest BCUT2D eigenvalue weighted by molar-refractivity contribution is -0.139. The van der Waals surface area contributed by atoms with Crippen molar-refractivity contribution in [2.45, 2.75) is 51.9 Å². The number of phenols is 1. The summed E-state index contributed by atoms with van der Waals surface area (Å²) in [5.41, 5.74) is 4.01. The lowest BCUT2D eigenvalue weighted by Gasteiger charge is -2.37. The summed E-state index contributed by atoms with van der Waals surface area (Å²) in [7, 11) is 3.17. The Morgan fingerprint density at radius 2 is 1.71 bits per heavy atom. The number of Topliss-reactive ketones (excluding diaryl/α,β-unsaturated/α-hetero) is 1. The van der Waals surface area contributed by atoms with E-state index in [-0.39, 0.29) is 30.5 Å². The van der Waals surface area contributed by atoms with Gasteiger partial charge in [-0.1, -0.05) is 19.1 Å². The van der Waals surface area contributed by atoms with Gasteiger partial charge in [-0.2, -0.15) is 0 Å². The number of nitrogens with one attached hydrogen (secondary N) is 1. The van der Waals surface area contributed by atoms with Crippen molar-refractivity contribution in [2.75, 3.05) is 27.4 Å². The van der Waals surface area contributed by atoms with Gasteiger partial charge >= 0.3 is 5.97 Å². The fourth-order valence-corrected chi connectivity index (χ4v) is 5.24. The molecular formula is C30H35NO7. The van der Waals surface area contributed by atoms with E-state index in [1.165, 1.54) is 6.07 Å². The Labute approximate surface area is 223 Å². The topological polar surface area (TPSA) is 103 Å². The third-order valence-corrected chi connectivity index (χ3v) is 6.98. The van der Waals surface area contributed by atoms with Crippen molar-refractivity contribution in [3.8, 4) is 23.0 Å². The average molecular weight is 522 g/mol. The smallest absolute Gasteiger partial charge is 0.336 e. The molecule has 2 N–H and O–H groups in total. The van der Waals surface area contributed by atoms with Gasteiger partial charge in [0.25, 0.3) is 0 Å². The van der Waals surface area contributed by atoms with Crippen molar-refractivity contribution in [3.05, 3.63) is 70.1 Å². The van der Waals surface area contributed by atoms with Crippen LogP contribution in [-0.2, 0) is 14.3 Å². The zero-order valence-corrected chi connectivity index (χ0v) is 22.6. The van der Waals surface area contributed by atoms with E-state index in [0.29, 0.717) is 59.1 Å². The first kappa shape index (κ1) is 27.1. The minimum atomic E-state index is -0.644. The van der Waals surface area contributed by atoms with Crippen molar-refractivity contribution in [1.82, 2.24) is 5.32 Å². The number of dihydropyridines is 1. The summed E-state index contributed by atoms with van der Waals surface area (Å²) in [5, 5.41) is 13.7. The summed E-state index contributed by atoms with van der Waals surface area (Å²) in [6, 6.07) is 10.7. The molecule has 2 atom stereocenters. The zero-order valence-electron chi connectivity index (χ0n) is 22.6. The number of hydrogen-bond acceptors (Lipinski definition) is 8. The third kappa shape index (κ3) is 5.21.